The number of alkyl halides is 3. The minimum Gasteiger partial charge on any atom is -0.465 e. The van der Waals surface area contributed by atoms with E-state index >= 15 is 0 Å². The molecule has 0 radical (unpaired) electrons. The summed E-state index contributed by atoms with van der Waals surface area (Å²) in [5.74, 6) is -1.87. The standard InChI is InChI=1S/C9H9BrF3N3O3/c1-2-19-4(17)3-14-7(18)5-6(9(11,12)13)16-8(10)15-5/h2-3H2,1H3,(H,14,18)(H,15,16). The van der Waals surface area contributed by atoms with E-state index < -0.39 is 36.0 Å². The Morgan fingerprint density at radius 2 is 2.11 bits per heavy atom. The highest BCUT2D eigenvalue weighted by Gasteiger charge is 2.38. The summed E-state index contributed by atoms with van der Waals surface area (Å²) in [5, 5.41) is 1.99. The van der Waals surface area contributed by atoms with E-state index in [0.29, 0.717) is 0 Å². The van der Waals surface area contributed by atoms with Gasteiger partial charge >= 0.3 is 12.1 Å². The molecule has 2 N–H and O–H groups in total. The molecule has 1 amide bonds. The Hall–Kier alpha value is -1.58. The number of hydrogen-bond donors (Lipinski definition) is 2. The second-order valence-electron chi connectivity index (χ2n) is 3.24. The minimum absolute atomic E-state index is 0.108. The van der Waals surface area contributed by atoms with Crippen molar-refractivity contribution < 1.29 is 27.5 Å². The van der Waals surface area contributed by atoms with Gasteiger partial charge in [-0.15, -0.1) is 0 Å². The van der Waals surface area contributed by atoms with Crippen LogP contribution in [0.15, 0.2) is 4.73 Å². The van der Waals surface area contributed by atoms with Crippen molar-refractivity contribution in [2.75, 3.05) is 13.2 Å². The van der Waals surface area contributed by atoms with Crippen LogP contribution in [0.25, 0.3) is 0 Å². The van der Waals surface area contributed by atoms with Crippen molar-refractivity contribution >= 4 is 27.8 Å². The zero-order valence-corrected chi connectivity index (χ0v) is 11.2. The molecule has 0 fully saturated rings. The van der Waals surface area contributed by atoms with Crippen LogP contribution in [0.3, 0.4) is 0 Å². The number of nitrogens with zero attached hydrogens (tertiary/aromatic N) is 1. The smallest absolute Gasteiger partial charge is 0.433 e. The van der Waals surface area contributed by atoms with E-state index in [0.717, 1.165) is 0 Å². The van der Waals surface area contributed by atoms with E-state index in [4.69, 9.17) is 0 Å². The van der Waals surface area contributed by atoms with Crippen LogP contribution in [0.4, 0.5) is 13.2 Å². The molecule has 0 saturated carbocycles. The van der Waals surface area contributed by atoms with Crippen molar-refractivity contribution in [3.8, 4) is 0 Å². The topological polar surface area (TPSA) is 84.1 Å². The first-order valence-corrected chi connectivity index (χ1v) is 5.81. The van der Waals surface area contributed by atoms with Gasteiger partial charge in [-0.05, 0) is 22.9 Å². The lowest BCUT2D eigenvalue weighted by Gasteiger charge is -2.07. The molecule has 0 aromatic carbocycles. The molecule has 1 aromatic heterocycles. The van der Waals surface area contributed by atoms with Gasteiger partial charge in [0, 0.05) is 0 Å². The van der Waals surface area contributed by atoms with Gasteiger partial charge in [-0.25, -0.2) is 4.98 Å². The highest BCUT2D eigenvalue weighted by Crippen LogP contribution is 2.31. The number of aromatic amines is 1. The Bertz CT molecular complexity index is 487. The lowest BCUT2D eigenvalue weighted by Crippen LogP contribution is -2.32. The van der Waals surface area contributed by atoms with Crippen molar-refractivity contribution in [2.45, 2.75) is 13.1 Å². The maximum atomic E-state index is 12.6. The Labute approximate surface area is 113 Å². The number of ether oxygens (including phenoxy) is 1. The van der Waals surface area contributed by atoms with E-state index in [1.165, 1.54) is 0 Å². The predicted octanol–water partition coefficient (Wildman–Crippen LogP) is 1.48. The van der Waals surface area contributed by atoms with Crippen LogP contribution in [0, 0.1) is 0 Å². The second kappa shape index (κ2) is 6.04. The van der Waals surface area contributed by atoms with Crippen molar-refractivity contribution in [3.63, 3.8) is 0 Å². The Morgan fingerprint density at radius 3 is 2.63 bits per heavy atom. The number of hydrogen-bond acceptors (Lipinski definition) is 4. The molecular weight excluding hydrogens is 335 g/mol. The average molecular weight is 344 g/mol. The maximum Gasteiger partial charge on any atom is 0.433 e. The number of H-pyrrole nitrogens is 1. The van der Waals surface area contributed by atoms with Crippen molar-refractivity contribution in [3.05, 3.63) is 16.1 Å². The van der Waals surface area contributed by atoms with E-state index in [1.54, 1.807) is 6.92 Å². The molecule has 1 heterocycles. The zero-order chi connectivity index (χ0) is 14.6. The van der Waals surface area contributed by atoms with Crippen molar-refractivity contribution in [1.82, 2.24) is 15.3 Å². The van der Waals surface area contributed by atoms with E-state index in [9.17, 15) is 22.8 Å². The number of nitrogens with one attached hydrogen (secondary N) is 2. The third-order valence-corrected chi connectivity index (χ3v) is 2.25. The highest BCUT2D eigenvalue weighted by molar-refractivity contribution is 9.10. The number of carbonyl (C=O) groups is 2. The van der Waals surface area contributed by atoms with Crippen molar-refractivity contribution in [2.24, 2.45) is 0 Å². The fourth-order valence-corrected chi connectivity index (χ4v) is 1.54. The molecule has 0 aliphatic heterocycles. The number of aromatic nitrogens is 2. The average Bonchev–Trinajstić information content (AvgIpc) is 2.68. The maximum absolute atomic E-state index is 12.6. The predicted molar refractivity (Wildman–Crippen MR) is 60.3 cm³/mol. The molecule has 0 atom stereocenters. The molecule has 106 valence electrons. The number of esters is 1. The first-order valence-electron chi connectivity index (χ1n) is 5.02. The molecule has 19 heavy (non-hydrogen) atoms. The molecule has 0 saturated heterocycles. The molecule has 1 rings (SSSR count). The SMILES string of the molecule is CCOC(=O)CNC(=O)c1nc(Br)[nH]c1C(F)(F)F. The number of imidazole rings is 1. The third kappa shape index (κ3) is 4.23. The quantitative estimate of drug-likeness (QED) is 0.811. The molecule has 6 nitrogen and oxygen atoms in total. The fourth-order valence-electron chi connectivity index (χ4n) is 1.16. The molecule has 0 bridgehead atoms. The summed E-state index contributed by atoms with van der Waals surface area (Å²) in [6.07, 6.45) is -4.75. The molecule has 1 aromatic rings. The van der Waals surface area contributed by atoms with E-state index in [-0.39, 0.29) is 11.3 Å². The lowest BCUT2D eigenvalue weighted by atomic mass is 10.3. The van der Waals surface area contributed by atoms with Gasteiger partial charge < -0.3 is 15.0 Å². The molecule has 0 aliphatic carbocycles. The molecule has 10 heteroatoms. The summed E-state index contributed by atoms with van der Waals surface area (Å²) >= 11 is 2.71. The van der Waals surface area contributed by atoms with Gasteiger partial charge in [0.1, 0.15) is 6.54 Å². The molecule has 0 unspecified atom stereocenters. The summed E-state index contributed by atoms with van der Waals surface area (Å²) in [5.41, 5.74) is -2.13. The van der Waals surface area contributed by atoms with Crippen LogP contribution in [0.1, 0.15) is 23.1 Å². The number of halogens is 4. The minimum atomic E-state index is -4.75. The first kappa shape index (κ1) is 15.5. The first-order chi connectivity index (χ1) is 8.75. The Kier molecular flexibility index (Phi) is 4.92. The van der Waals surface area contributed by atoms with Gasteiger partial charge in [0.05, 0.1) is 6.61 Å². The van der Waals surface area contributed by atoms with Crippen LogP contribution in [0.2, 0.25) is 0 Å². The number of carbonyl (C=O) groups excluding carboxylic acids is 2. The summed E-state index contributed by atoms with van der Waals surface area (Å²) in [6.45, 7) is 1.14. The van der Waals surface area contributed by atoms with Crippen LogP contribution >= 0.6 is 15.9 Å². The van der Waals surface area contributed by atoms with Crippen LogP contribution in [0.5, 0.6) is 0 Å². The van der Waals surface area contributed by atoms with Crippen LogP contribution in [-0.2, 0) is 15.7 Å². The van der Waals surface area contributed by atoms with Gasteiger partial charge in [0.15, 0.2) is 16.1 Å². The summed E-state index contributed by atoms with van der Waals surface area (Å²) in [7, 11) is 0. The number of rotatable bonds is 4. The van der Waals surface area contributed by atoms with Gasteiger partial charge in [-0.2, -0.15) is 13.2 Å². The summed E-state index contributed by atoms with van der Waals surface area (Å²) < 4.78 is 42.0. The van der Waals surface area contributed by atoms with Crippen LogP contribution in [-0.4, -0.2) is 35.0 Å². The summed E-state index contributed by atoms with van der Waals surface area (Å²) in [4.78, 5) is 27.7. The zero-order valence-electron chi connectivity index (χ0n) is 9.60. The fraction of sp³-hybridized carbons (Fsp3) is 0.444. The van der Waals surface area contributed by atoms with Gasteiger partial charge in [-0.3, -0.25) is 9.59 Å². The Morgan fingerprint density at radius 1 is 1.47 bits per heavy atom. The largest absolute Gasteiger partial charge is 0.465 e. The highest BCUT2D eigenvalue weighted by atomic mass is 79.9. The third-order valence-electron chi connectivity index (χ3n) is 1.87. The van der Waals surface area contributed by atoms with Gasteiger partial charge in [0.25, 0.3) is 5.91 Å². The van der Waals surface area contributed by atoms with Crippen LogP contribution < -0.4 is 5.32 Å². The van der Waals surface area contributed by atoms with Crippen molar-refractivity contribution in [1.29, 1.82) is 0 Å². The normalized spacial score (nSPS) is 11.2. The number of amides is 1. The monoisotopic (exact) mass is 343 g/mol. The Balaban J connectivity index is 2.80. The molecule has 0 aliphatic rings. The molecule has 0 spiro atoms. The van der Waals surface area contributed by atoms with Gasteiger partial charge in [0.2, 0.25) is 0 Å². The second-order valence-corrected chi connectivity index (χ2v) is 3.99. The van der Waals surface area contributed by atoms with Gasteiger partial charge in [-0.1, -0.05) is 0 Å². The van der Waals surface area contributed by atoms with E-state index in [1.807, 2.05) is 10.3 Å². The lowest BCUT2D eigenvalue weighted by molar-refractivity contribution is -0.142. The van der Waals surface area contributed by atoms with E-state index in [2.05, 4.69) is 25.7 Å². The summed E-state index contributed by atoms with van der Waals surface area (Å²) in [6, 6.07) is 0. The molecular formula is C9H9BrF3N3O3.